The minimum Gasteiger partial charge on any atom is -0.485 e. The van der Waals surface area contributed by atoms with Crippen molar-refractivity contribution in [3.8, 4) is 5.75 Å². The number of benzene rings is 2. The summed E-state index contributed by atoms with van der Waals surface area (Å²) in [4.78, 5) is 16.0. The van der Waals surface area contributed by atoms with E-state index in [1.165, 1.54) is 0 Å². The molecule has 32 heavy (non-hydrogen) atoms. The molecule has 2 heterocycles. The Morgan fingerprint density at radius 1 is 1.03 bits per heavy atom. The lowest BCUT2D eigenvalue weighted by molar-refractivity contribution is 0.286. The third kappa shape index (κ3) is 4.43. The van der Waals surface area contributed by atoms with Gasteiger partial charge < -0.3 is 14.3 Å². The molecule has 0 saturated carbocycles. The maximum atomic E-state index is 12.6. The van der Waals surface area contributed by atoms with E-state index in [-0.39, 0.29) is 5.43 Å². The lowest BCUT2D eigenvalue weighted by Crippen LogP contribution is -2.08. The van der Waals surface area contributed by atoms with Gasteiger partial charge in [-0.15, -0.1) is 10.2 Å². The van der Waals surface area contributed by atoms with Crippen LogP contribution in [0.15, 0.2) is 46.3 Å². The normalized spacial score (nSPS) is 11.3. The zero-order valence-corrected chi connectivity index (χ0v) is 20.0. The number of H-pyrrole nitrogens is 1. The largest absolute Gasteiger partial charge is 0.485 e. The minimum atomic E-state index is 0.0389. The molecule has 1 N–H and O–H groups in total. The smallest absolute Gasteiger partial charge is 0.191 e. The number of nitrogens with one attached hydrogen (secondary N) is 1. The molecule has 166 valence electrons. The van der Waals surface area contributed by atoms with Gasteiger partial charge in [-0.05, 0) is 69.0 Å². The van der Waals surface area contributed by atoms with E-state index < -0.39 is 0 Å². The molecule has 0 unspecified atom stereocenters. The molecular weight excluding hydrogens is 420 g/mol. The highest BCUT2D eigenvalue weighted by atomic mass is 32.2. The van der Waals surface area contributed by atoms with E-state index in [0.717, 1.165) is 62.1 Å². The van der Waals surface area contributed by atoms with E-state index in [0.29, 0.717) is 12.4 Å². The zero-order chi connectivity index (χ0) is 22.8. The van der Waals surface area contributed by atoms with Gasteiger partial charge in [0.2, 0.25) is 0 Å². The van der Waals surface area contributed by atoms with Crippen molar-refractivity contribution >= 4 is 22.7 Å². The van der Waals surface area contributed by atoms with Crippen LogP contribution in [0.2, 0.25) is 0 Å². The van der Waals surface area contributed by atoms with Gasteiger partial charge in [0.1, 0.15) is 12.4 Å². The summed E-state index contributed by atoms with van der Waals surface area (Å²) in [6.07, 6.45) is 0. The molecule has 6 nitrogen and oxygen atoms in total. The summed E-state index contributed by atoms with van der Waals surface area (Å²) in [6, 6.07) is 11.7. The molecule has 0 saturated heterocycles. The van der Waals surface area contributed by atoms with Crippen LogP contribution in [0.5, 0.6) is 5.75 Å². The fraction of sp³-hybridized carbons (Fsp3) is 0.320. The summed E-state index contributed by atoms with van der Waals surface area (Å²) in [5, 5.41) is 10.3. The number of aryl methyl sites for hydroxylation is 4. The average Bonchev–Trinajstić information content (AvgIpc) is 3.17. The van der Waals surface area contributed by atoms with E-state index in [9.17, 15) is 4.79 Å². The second kappa shape index (κ2) is 9.20. The maximum absolute atomic E-state index is 12.6. The summed E-state index contributed by atoms with van der Waals surface area (Å²) in [6.45, 7) is 11.4. The number of ether oxygens (including phenoxy) is 1. The van der Waals surface area contributed by atoms with Gasteiger partial charge in [-0.1, -0.05) is 30.0 Å². The second-order valence-electron chi connectivity index (χ2n) is 8.08. The van der Waals surface area contributed by atoms with Gasteiger partial charge >= 0.3 is 0 Å². The number of hydrogen-bond donors (Lipinski definition) is 1. The van der Waals surface area contributed by atoms with Crippen LogP contribution in [0.3, 0.4) is 0 Å². The predicted molar refractivity (Wildman–Crippen MR) is 130 cm³/mol. The number of thioether (sulfide) groups is 1. The van der Waals surface area contributed by atoms with Crippen molar-refractivity contribution in [2.24, 2.45) is 0 Å². The molecule has 0 fully saturated rings. The zero-order valence-electron chi connectivity index (χ0n) is 19.2. The molecule has 0 aliphatic heterocycles. The fourth-order valence-electron chi connectivity index (χ4n) is 3.69. The summed E-state index contributed by atoms with van der Waals surface area (Å²) in [5.41, 5.74) is 6.35. The van der Waals surface area contributed by atoms with Gasteiger partial charge in [-0.25, -0.2) is 0 Å². The molecule has 0 spiro atoms. The van der Waals surface area contributed by atoms with Gasteiger partial charge in [-0.3, -0.25) is 4.79 Å². The monoisotopic (exact) mass is 448 g/mol. The SMILES string of the molecule is CCn1c(COc2cc(C)ccc2C)nnc1SCc1cc(=O)c2ccc(C)c(C)c2[nH]1. The Balaban J connectivity index is 1.52. The molecule has 2 aromatic heterocycles. The lowest BCUT2D eigenvalue weighted by Gasteiger charge is -2.11. The summed E-state index contributed by atoms with van der Waals surface area (Å²) >= 11 is 1.56. The van der Waals surface area contributed by atoms with Crippen molar-refractivity contribution < 1.29 is 4.74 Å². The van der Waals surface area contributed by atoms with Gasteiger partial charge in [-0.2, -0.15) is 0 Å². The maximum Gasteiger partial charge on any atom is 0.191 e. The predicted octanol–water partition coefficient (Wildman–Crippen LogP) is 5.24. The summed E-state index contributed by atoms with van der Waals surface area (Å²) in [7, 11) is 0. The summed E-state index contributed by atoms with van der Waals surface area (Å²) < 4.78 is 8.09. The van der Waals surface area contributed by atoms with Crippen molar-refractivity contribution in [3.63, 3.8) is 0 Å². The molecule has 0 atom stereocenters. The molecule has 0 aliphatic carbocycles. The van der Waals surface area contributed by atoms with Gasteiger partial charge in [0.05, 0.1) is 5.52 Å². The van der Waals surface area contributed by atoms with Gasteiger partial charge in [0, 0.05) is 29.4 Å². The van der Waals surface area contributed by atoms with Crippen LogP contribution in [0.25, 0.3) is 10.9 Å². The number of fused-ring (bicyclic) bond motifs is 1. The van der Waals surface area contributed by atoms with Gasteiger partial charge in [0.25, 0.3) is 0 Å². The van der Waals surface area contributed by atoms with E-state index in [1.807, 2.05) is 32.0 Å². The molecule has 0 aliphatic rings. The highest BCUT2D eigenvalue weighted by Gasteiger charge is 2.14. The number of nitrogens with zero attached hydrogens (tertiary/aromatic N) is 3. The number of aromatic amines is 1. The number of rotatable bonds is 7. The number of hydrogen-bond acceptors (Lipinski definition) is 5. The highest BCUT2D eigenvalue weighted by molar-refractivity contribution is 7.98. The fourth-order valence-corrected chi connectivity index (χ4v) is 4.62. The first-order chi connectivity index (χ1) is 15.4. The standard InChI is InChI=1S/C25H28N4O2S/c1-6-29-23(13-31-22-11-15(2)7-8-17(22)4)27-28-25(29)32-14-19-12-21(30)20-10-9-16(3)18(5)24(20)26-19/h7-12H,6,13-14H2,1-5H3,(H,26,30). The van der Waals surface area contributed by atoms with E-state index >= 15 is 0 Å². The van der Waals surface area contributed by atoms with Gasteiger partial charge in [0.15, 0.2) is 16.4 Å². The molecule has 4 aromatic rings. The van der Waals surface area contributed by atoms with Crippen LogP contribution < -0.4 is 10.2 Å². The van der Waals surface area contributed by atoms with E-state index in [1.54, 1.807) is 17.8 Å². The van der Waals surface area contributed by atoms with Crippen LogP contribution >= 0.6 is 11.8 Å². The Hall–Kier alpha value is -3.06. The van der Waals surface area contributed by atoms with Crippen LogP contribution in [0.4, 0.5) is 0 Å². The molecule has 0 bridgehead atoms. The lowest BCUT2D eigenvalue weighted by atomic mass is 10.0. The molecule has 0 amide bonds. The Bertz CT molecular complexity index is 1340. The molecule has 4 rings (SSSR count). The average molecular weight is 449 g/mol. The Morgan fingerprint density at radius 2 is 1.81 bits per heavy atom. The first kappa shape index (κ1) is 22.1. The third-order valence-corrected chi connectivity index (χ3v) is 6.77. The van der Waals surface area contributed by atoms with E-state index in [4.69, 9.17) is 4.74 Å². The minimum absolute atomic E-state index is 0.0389. The Labute approximate surface area is 192 Å². The second-order valence-corrected chi connectivity index (χ2v) is 9.02. The van der Waals surface area contributed by atoms with Crippen molar-refractivity contribution in [1.82, 2.24) is 19.7 Å². The highest BCUT2D eigenvalue weighted by Crippen LogP contribution is 2.25. The molecule has 2 aromatic carbocycles. The first-order valence-electron chi connectivity index (χ1n) is 10.7. The number of pyridine rings is 1. The Morgan fingerprint density at radius 3 is 2.59 bits per heavy atom. The van der Waals surface area contributed by atoms with E-state index in [2.05, 4.69) is 52.7 Å². The van der Waals surface area contributed by atoms with Crippen molar-refractivity contribution in [3.05, 3.63) is 80.4 Å². The number of aromatic nitrogens is 4. The van der Waals surface area contributed by atoms with Crippen molar-refractivity contribution in [2.75, 3.05) is 0 Å². The Kier molecular flexibility index (Phi) is 6.37. The van der Waals surface area contributed by atoms with Crippen molar-refractivity contribution in [1.29, 1.82) is 0 Å². The molecule has 0 radical (unpaired) electrons. The van der Waals surface area contributed by atoms with Crippen molar-refractivity contribution in [2.45, 2.75) is 58.7 Å². The molecule has 7 heteroatoms. The quantitative estimate of drug-likeness (QED) is 0.391. The van der Waals surface area contributed by atoms with Crippen LogP contribution in [-0.4, -0.2) is 19.7 Å². The van der Waals surface area contributed by atoms with Crippen LogP contribution in [0, 0.1) is 27.7 Å². The van der Waals surface area contributed by atoms with Crippen LogP contribution in [0.1, 0.15) is 40.7 Å². The topological polar surface area (TPSA) is 72.8 Å². The van der Waals surface area contributed by atoms with Crippen LogP contribution in [-0.2, 0) is 18.9 Å². The first-order valence-corrected chi connectivity index (χ1v) is 11.7. The summed E-state index contributed by atoms with van der Waals surface area (Å²) in [5.74, 6) is 2.26. The molecular formula is C25H28N4O2S. The third-order valence-electron chi connectivity index (χ3n) is 5.76.